The van der Waals surface area contributed by atoms with Gasteiger partial charge in [-0.3, -0.25) is 0 Å². The zero-order chi connectivity index (χ0) is 18.7. The summed E-state index contributed by atoms with van der Waals surface area (Å²) in [7, 11) is 1.35. The van der Waals surface area contributed by atoms with E-state index in [9.17, 15) is 26.3 Å². The highest BCUT2D eigenvalue weighted by atomic mass is 19.4. The van der Waals surface area contributed by atoms with Gasteiger partial charge in [-0.2, -0.15) is 26.3 Å². The molecule has 137 valence electrons. The molecule has 1 aliphatic rings. The third-order valence-corrected chi connectivity index (χ3v) is 3.59. The summed E-state index contributed by atoms with van der Waals surface area (Å²) in [5, 5.41) is 0. The molecule has 0 aromatic heterocycles. The van der Waals surface area contributed by atoms with Crippen molar-refractivity contribution in [2.24, 2.45) is 0 Å². The van der Waals surface area contributed by atoms with Gasteiger partial charge in [0, 0.05) is 7.11 Å². The Balaban J connectivity index is 2.24. The molecule has 8 heteroatoms. The number of halogens is 6. The van der Waals surface area contributed by atoms with Crippen LogP contribution in [0.5, 0.6) is 0 Å². The van der Waals surface area contributed by atoms with Crippen LogP contribution in [0.4, 0.5) is 26.3 Å². The summed E-state index contributed by atoms with van der Waals surface area (Å²) in [6.45, 7) is -0.633. The molecule has 2 unspecified atom stereocenters. The fourth-order valence-electron chi connectivity index (χ4n) is 2.42. The number of rotatable bonds is 5. The molecular weight excluding hydrogens is 350 g/mol. The summed E-state index contributed by atoms with van der Waals surface area (Å²) in [5.41, 5.74) is -3.11. The molecule has 2 nitrogen and oxygen atoms in total. The van der Waals surface area contributed by atoms with E-state index in [1.165, 1.54) is 31.4 Å². The van der Waals surface area contributed by atoms with E-state index in [4.69, 9.17) is 9.47 Å². The lowest BCUT2D eigenvalue weighted by molar-refractivity contribution is -0.171. The third kappa shape index (κ3) is 5.34. The quantitative estimate of drug-likeness (QED) is 0.548. The molecule has 0 amide bonds. The second kappa shape index (κ2) is 7.21. The minimum Gasteiger partial charge on any atom is -0.373 e. The molecule has 1 aliphatic carbocycles. The fraction of sp³-hybridized carbons (Fsp3) is 0.412. The van der Waals surface area contributed by atoms with Crippen LogP contribution in [0.3, 0.4) is 0 Å². The first-order valence-electron chi connectivity index (χ1n) is 7.23. The lowest BCUT2D eigenvalue weighted by atomic mass is 9.92. The average molecular weight is 365 g/mol. The van der Waals surface area contributed by atoms with Crippen molar-refractivity contribution in [3.8, 4) is 0 Å². The van der Waals surface area contributed by atoms with E-state index in [1.54, 1.807) is 0 Å². The summed E-state index contributed by atoms with van der Waals surface area (Å²) in [6, 6.07) is 4.59. The number of hydrogen-bond acceptors (Lipinski definition) is 2. The number of benzene rings is 1. The molecule has 0 N–H and O–H groups in total. The first kappa shape index (κ1) is 19.5. The SMILES string of the molecule is COC1[C]=CC(CC(F)(F)F)(OCc2ccccc2C(F)(F)F)C=C1. The maximum atomic E-state index is 13.0. The predicted octanol–water partition coefficient (Wildman–Crippen LogP) is 4.86. The second-order valence-corrected chi connectivity index (χ2v) is 5.52. The van der Waals surface area contributed by atoms with Crippen molar-refractivity contribution in [1.29, 1.82) is 0 Å². The molecule has 2 rings (SSSR count). The monoisotopic (exact) mass is 365 g/mol. The van der Waals surface area contributed by atoms with Crippen LogP contribution in [0.25, 0.3) is 0 Å². The maximum absolute atomic E-state index is 13.0. The lowest BCUT2D eigenvalue weighted by Gasteiger charge is -2.32. The van der Waals surface area contributed by atoms with Crippen LogP contribution in [0, 0.1) is 6.08 Å². The van der Waals surface area contributed by atoms with Crippen LogP contribution in [0.2, 0.25) is 0 Å². The summed E-state index contributed by atoms with van der Waals surface area (Å²) in [5.74, 6) is 0. The Morgan fingerprint density at radius 3 is 2.32 bits per heavy atom. The molecule has 2 atom stereocenters. The maximum Gasteiger partial charge on any atom is 0.416 e. The number of ether oxygens (including phenoxy) is 2. The smallest absolute Gasteiger partial charge is 0.373 e. The van der Waals surface area contributed by atoms with E-state index in [0.29, 0.717) is 0 Å². The zero-order valence-electron chi connectivity index (χ0n) is 13.1. The van der Waals surface area contributed by atoms with Gasteiger partial charge in [0.05, 0.1) is 18.6 Å². The summed E-state index contributed by atoms with van der Waals surface area (Å²) >= 11 is 0. The van der Waals surface area contributed by atoms with Crippen molar-refractivity contribution < 1.29 is 35.8 Å². The molecule has 0 saturated heterocycles. The van der Waals surface area contributed by atoms with Crippen LogP contribution in [-0.4, -0.2) is 25.0 Å². The van der Waals surface area contributed by atoms with Gasteiger partial charge in [0.1, 0.15) is 11.7 Å². The molecule has 0 aliphatic heterocycles. The van der Waals surface area contributed by atoms with Gasteiger partial charge in [0.25, 0.3) is 0 Å². The molecule has 25 heavy (non-hydrogen) atoms. The molecule has 0 fully saturated rings. The highest BCUT2D eigenvalue weighted by molar-refractivity contribution is 5.30. The van der Waals surface area contributed by atoms with Crippen molar-refractivity contribution in [3.05, 3.63) is 59.7 Å². The van der Waals surface area contributed by atoms with E-state index in [1.807, 2.05) is 0 Å². The zero-order valence-corrected chi connectivity index (χ0v) is 13.1. The highest BCUT2D eigenvalue weighted by Gasteiger charge is 2.42. The molecule has 0 bridgehead atoms. The molecule has 1 aromatic carbocycles. The van der Waals surface area contributed by atoms with Crippen molar-refractivity contribution in [2.75, 3.05) is 7.11 Å². The number of methoxy groups -OCH3 is 1. The van der Waals surface area contributed by atoms with Gasteiger partial charge in [0.15, 0.2) is 0 Å². The van der Waals surface area contributed by atoms with E-state index < -0.39 is 42.6 Å². The summed E-state index contributed by atoms with van der Waals surface area (Å²) in [6.07, 6.45) is -5.12. The topological polar surface area (TPSA) is 18.5 Å². The Morgan fingerprint density at radius 1 is 1.12 bits per heavy atom. The van der Waals surface area contributed by atoms with Crippen LogP contribution < -0.4 is 0 Å². The van der Waals surface area contributed by atoms with Crippen molar-refractivity contribution in [2.45, 2.75) is 37.1 Å². The Morgan fingerprint density at radius 2 is 1.80 bits per heavy atom. The summed E-state index contributed by atoms with van der Waals surface area (Å²) in [4.78, 5) is 0. The van der Waals surface area contributed by atoms with Crippen molar-refractivity contribution >= 4 is 0 Å². The van der Waals surface area contributed by atoms with Gasteiger partial charge < -0.3 is 9.47 Å². The number of alkyl halides is 6. The van der Waals surface area contributed by atoms with Gasteiger partial charge >= 0.3 is 12.4 Å². The Labute approximate surface area is 140 Å². The predicted molar refractivity (Wildman–Crippen MR) is 77.4 cm³/mol. The van der Waals surface area contributed by atoms with E-state index in [2.05, 4.69) is 6.08 Å². The molecule has 1 radical (unpaired) electrons. The number of hydrogen-bond donors (Lipinski definition) is 0. The standard InChI is InChI=1S/C17H15F6O2/c1-24-13-6-8-15(9-7-13,11-16(18,19)20)25-10-12-4-2-3-5-14(12)17(21,22)23/h2-6,8-9,13H,10-11H2,1H3. The van der Waals surface area contributed by atoms with Crippen LogP contribution in [0.1, 0.15) is 17.5 Å². The Hall–Kier alpha value is -1.80. The lowest BCUT2D eigenvalue weighted by Crippen LogP contribution is -2.36. The van der Waals surface area contributed by atoms with Crippen molar-refractivity contribution in [3.63, 3.8) is 0 Å². The van der Waals surface area contributed by atoms with E-state index in [0.717, 1.165) is 18.2 Å². The molecule has 0 saturated carbocycles. The first-order chi connectivity index (χ1) is 11.5. The van der Waals surface area contributed by atoms with Crippen molar-refractivity contribution in [1.82, 2.24) is 0 Å². The minimum absolute atomic E-state index is 0.243. The molecular formula is C17H15F6O2. The average Bonchev–Trinajstić information content (AvgIpc) is 2.52. The normalized spacial score (nSPS) is 23.9. The molecule has 0 spiro atoms. The van der Waals surface area contributed by atoms with Crippen LogP contribution in [-0.2, 0) is 22.3 Å². The van der Waals surface area contributed by atoms with Gasteiger partial charge in [-0.25, -0.2) is 0 Å². The Kier molecular flexibility index (Phi) is 5.63. The van der Waals surface area contributed by atoms with Gasteiger partial charge in [-0.05, 0) is 29.9 Å². The van der Waals surface area contributed by atoms with E-state index in [-0.39, 0.29) is 5.56 Å². The fourth-order valence-corrected chi connectivity index (χ4v) is 2.42. The van der Waals surface area contributed by atoms with Crippen LogP contribution >= 0.6 is 0 Å². The molecule has 0 heterocycles. The Bertz CT molecular complexity index is 631. The molecule has 1 aromatic rings. The summed E-state index contributed by atoms with van der Waals surface area (Å²) < 4.78 is 87.8. The van der Waals surface area contributed by atoms with Crippen LogP contribution in [0.15, 0.2) is 42.5 Å². The first-order valence-corrected chi connectivity index (χ1v) is 7.23. The van der Waals surface area contributed by atoms with E-state index >= 15 is 0 Å². The van der Waals surface area contributed by atoms with Gasteiger partial charge in [-0.15, -0.1) is 0 Å². The van der Waals surface area contributed by atoms with Gasteiger partial charge in [0.2, 0.25) is 0 Å². The highest BCUT2D eigenvalue weighted by Crippen LogP contribution is 2.37. The third-order valence-electron chi connectivity index (χ3n) is 3.59. The largest absolute Gasteiger partial charge is 0.416 e. The second-order valence-electron chi connectivity index (χ2n) is 5.52. The minimum atomic E-state index is -4.62. The van der Waals surface area contributed by atoms with Gasteiger partial charge in [-0.1, -0.05) is 24.3 Å².